The number of amides is 2. The molecule has 7 heteroatoms. The number of urea groups is 1. The van der Waals surface area contributed by atoms with Crippen LogP contribution in [0.4, 0.5) is 23.7 Å². The van der Waals surface area contributed by atoms with Crippen LogP contribution in [0.3, 0.4) is 0 Å². The van der Waals surface area contributed by atoms with E-state index in [1.165, 1.54) is 12.1 Å². The molecule has 0 aliphatic carbocycles. The first kappa shape index (κ1) is 17.9. The van der Waals surface area contributed by atoms with Gasteiger partial charge in [-0.15, -0.1) is 0 Å². The summed E-state index contributed by atoms with van der Waals surface area (Å²) in [5.41, 5.74) is 0.995. The lowest BCUT2D eigenvalue weighted by molar-refractivity contribution is -0.137. The standard InChI is InChI=1S/C20H20F3N3O/c21-20(22,23)16-8-6-14(7-9-16)10-25-11-15-12-26(13-18(15)25)19(27)24-17-4-2-1-3-5-17/h1-9,15,18H,10-13H2,(H,24,27)/t15-,18+/m0/s1. The molecule has 2 aromatic rings. The Kier molecular flexibility index (Phi) is 4.55. The highest BCUT2D eigenvalue weighted by Crippen LogP contribution is 2.34. The van der Waals surface area contributed by atoms with E-state index >= 15 is 0 Å². The van der Waals surface area contributed by atoms with Gasteiger partial charge in [0.15, 0.2) is 0 Å². The van der Waals surface area contributed by atoms with Crippen LogP contribution in [0.2, 0.25) is 0 Å². The van der Waals surface area contributed by atoms with Crippen molar-refractivity contribution in [3.8, 4) is 0 Å². The van der Waals surface area contributed by atoms with Crippen LogP contribution in [0.15, 0.2) is 54.6 Å². The Hall–Kier alpha value is -2.54. The van der Waals surface area contributed by atoms with E-state index < -0.39 is 11.7 Å². The number of hydrogen-bond acceptors (Lipinski definition) is 2. The Morgan fingerprint density at radius 1 is 1.00 bits per heavy atom. The lowest BCUT2D eigenvalue weighted by atomic mass is 9.91. The zero-order valence-electron chi connectivity index (χ0n) is 14.6. The molecule has 2 saturated heterocycles. The Labute approximate surface area is 155 Å². The normalized spacial score (nSPS) is 22.3. The highest BCUT2D eigenvalue weighted by Gasteiger charge is 2.46. The number of likely N-dealkylation sites (tertiary alicyclic amines) is 2. The minimum atomic E-state index is -4.31. The fourth-order valence-corrected chi connectivity index (χ4v) is 3.85. The van der Waals surface area contributed by atoms with Crippen LogP contribution in [0.1, 0.15) is 11.1 Å². The van der Waals surface area contributed by atoms with E-state index in [4.69, 9.17) is 0 Å². The monoisotopic (exact) mass is 375 g/mol. The van der Waals surface area contributed by atoms with Crippen molar-refractivity contribution in [2.75, 3.05) is 25.0 Å². The number of para-hydroxylation sites is 1. The summed E-state index contributed by atoms with van der Waals surface area (Å²) in [6, 6.07) is 14.8. The van der Waals surface area contributed by atoms with Crippen molar-refractivity contribution in [1.29, 1.82) is 0 Å². The van der Waals surface area contributed by atoms with Crippen LogP contribution in [0.5, 0.6) is 0 Å². The molecule has 0 spiro atoms. The smallest absolute Gasteiger partial charge is 0.323 e. The molecule has 0 bridgehead atoms. The third-order valence-electron chi connectivity index (χ3n) is 5.32. The molecule has 27 heavy (non-hydrogen) atoms. The molecular weight excluding hydrogens is 355 g/mol. The summed E-state index contributed by atoms with van der Waals surface area (Å²) in [5, 5.41) is 2.90. The largest absolute Gasteiger partial charge is 0.416 e. The molecule has 2 fully saturated rings. The molecule has 142 valence electrons. The third kappa shape index (κ3) is 3.78. The molecule has 4 rings (SSSR count). The molecule has 2 aromatic carbocycles. The summed E-state index contributed by atoms with van der Waals surface area (Å²) < 4.78 is 38.0. The van der Waals surface area contributed by atoms with E-state index in [1.54, 1.807) is 0 Å². The average molecular weight is 375 g/mol. The van der Waals surface area contributed by atoms with Gasteiger partial charge >= 0.3 is 12.2 Å². The van der Waals surface area contributed by atoms with Crippen molar-refractivity contribution in [1.82, 2.24) is 9.80 Å². The molecule has 2 aliphatic heterocycles. The summed E-state index contributed by atoms with van der Waals surface area (Å²) in [4.78, 5) is 16.5. The number of carbonyl (C=O) groups is 1. The molecule has 4 nitrogen and oxygen atoms in total. The molecule has 0 aromatic heterocycles. The molecule has 2 atom stereocenters. The maximum Gasteiger partial charge on any atom is 0.416 e. The zero-order chi connectivity index (χ0) is 19.0. The predicted octanol–water partition coefficient (Wildman–Crippen LogP) is 4.05. The van der Waals surface area contributed by atoms with Crippen LogP contribution in [0, 0.1) is 5.92 Å². The molecule has 0 saturated carbocycles. The van der Waals surface area contributed by atoms with Crippen molar-refractivity contribution in [2.24, 2.45) is 5.92 Å². The van der Waals surface area contributed by atoms with Crippen LogP contribution in [-0.4, -0.2) is 41.5 Å². The van der Waals surface area contributed by atoms with Gasteiger partial charge in [-0.1, -0.05) is 30.3 Å². The minimum Gasteiger partial charge on any atom is -0.323 e. The van der Waals surface area contributed by atoms with E-state index in [0.717, 1.165) is 29.9 Å². The highest BCUT2D eigenvalue weighted by atomic mass is 19.4. The van der Waals surface area contributed by atoms with Crippen molar-refractivity contribution in [3.63, 3.8) is 0 Å². The van der Waals surface area contributed by atoms with Crippen LogP contribution in [0.25, 0.3) is 0 Å². The van der Waals surface area contributed by atoms with E-state index in [0.29, 0.717) is 25.6 Å². The van der Waals surface area contributed by atoms with Crippen molar-refractivity contribution in [3.05, 3.63) is 65.7 Å². The van der Waals surface area contributed by atoms with Crippen molar-refractivity contribution in [2.45, 2.75) is 18.8 Å². The SMILES string of the molecule is O=C(Nc1ccccc1)N1C[C@@H]2CN(Cc3ccc(C(F)(F)F)cc3)[C@@H]2C1. The first-order valence-corrected chi connectivity index (χ1v) is 8.91. The number of hydrogen-bond donors (Lipinski definition) is 1. The zero-order valence-corrected chi connectivity index (χ0v) is 14.6. The Morgan fingerprint density at radius 3 is 2.37 bits per heavy atom. The second kappa shape index (κ2) is 6.88. The molecule has 0 unspecified atom stereocenters. The molecular formula is C20H20F3N3O. The number of anilines is 1. The number of rotatable bonds is 3. The third-order valence-corrected chi connectivity index (χ3v) is 5.32. The van der Waals surface area contributed by atoms with Gasteiger partial charge < -0.3 is 10.2 Å². The number of halogens is 3. The van der Waals surface area contributed by atoms with Crippen LogP contribution in [-0.2, 0) is 12.7 Å². The van der Waals surface area contributed by atoms with Crippen LogP contribution >= 0.6 is 0 Å². The summed E-state index contributed by atoms with van der Waals surface area (Å²) in [6.45, 7) is 2.82. The summed E-state index contributed by atoms with van der Waals surface area (Å²) in [5.74, 6) is 0.431. The highest BCUT2D eigenvalue weighted by molar-refractivity contribution is 5.89. The Morgan fingerprint density at radius 2 is 1.70 bits per heavy atom. The fourth-order valence-electron chi connectivity index (χ4n) is 3.85. The summed E-state index contributed by atoms with van der Waals surface area (Å²) >= 11 is 0. The lowest BCUT2D eigenvalue weighted by Gasteiger charge is -2.43. The number of nitrogens with zero attached hydrogens (tertiary/aromatic N) is 2. The summed E-state index contributed by atoms with van der Waals surface area (Å²) in [6.07, 6.45) is -4.31. The van der Waals surface area contributed by atoms with Gasteiger partial charge in [0.2, 0.25) is 0 Å². The van der Waals surface area contributed by atoms with Gasteiger partial charge in [0.05, 0.1) is 5.56 Å². The molecule has 2 amide bonds. The Bertz CT molecular complexity index is 807. The number of carbonyl (C=O) groups excluding carboxylic acids is 1. The van der Waals surface area contributed by atoms with E-state index in [-0.39, 0.29) is 12.1 Å². The van der Waals surface area contributed by atoms with E-state index in [1.807, 2.05) is 35.2 Å². The van der Waals surface area contributed by atoms with Gasteiger partial charge in [0.25, 0.3) is 0 Å². The average Bonchev–Trinajstić information content (AvgIpc) is 2.97. The van der Waals surface area contributed by atoms with E-state index in [9.17, 15) is 18.0 Å². The van der Waals surface area contributed by atoms with Crippen molar-refractivity contribution >= 4 is 11.7 Å². The van der Waals surface area contributed by atoms with E-state index in [2.05, 4.69) is 10.2 Å². The number of nitrogens with one attached hydrogen (secondary N) is 1. The van der Waals surface area contributed by atoms with Gasteiger partial charge in [-0.05, 0) is 29.8 Å². The molecule has 2 aliphatic rings. The maximum absolute atomic E-state index is 12.7. The van der Waals surface area contributed by atoms with Crippen LogP contribution < -0.4 is 5.32 Å². The molecule has 0 radical (unpaired) electrons. The number of alkyl halides is 3. The minimum absolute atomic E-state index is 0.106. The molecule has 2 heterocycles. The number of benzene rings is 2. The maximum atomic E-state index is 12.7. The Balaban J connectivity index is 1.32. The second-order valence-corrected chi connectivity index (χ2v) is 7.15. The van der Waals surface area contributed by atoms with Gasteiger partial charge in [0.1, 0.15) is 0 Å². The van der Waals surface area contributed by atoms with Gasteiger partial charge in [-0.25, -0.2) is 4.79 Å². The number of fused-ring (bicyclic) bond motifs is 1. The topological polar surface area (TPSA) is 35.6 Å². The van der Waals surface area contributed by atoms with Crippen molar-refractivity contribution < 1.29 is 18.0 Å². The second-order valence-electron chi connectivity index (χ2n) is 7.15. The quantitative estimate of drug-likeness (QED) is 0.878. The summed E-state index contributed by atoms with van der Waals surface area (Å²) in [7, 11) is 0. The predicted molar refractivity (Wildman–Crippen MR) is 96.2 cm³/mol. The van der Waals surface area contributed by atoms with Gasteiger partial charge in [0, 0.05) is 43.8 Å². The molecule has 1 N–H and O–H groups in total. The van der Waals surface area contributed by atoms with Gasteiger partial charge in [-0.2, -0.15) is 13.2 Å². The lowest BCUT2D eigenvalue weighted by Crippen LogP contribution is -2.54. The first-order valence-electron chi connectivity index (χ1n) is 8.91. The fraction of sp³-hybridized carbons (Fsp3) is 0.350. The van der Waals surface area contributed by atoms with Gasteiger partial charge in [-0.3, -0.25) is 4.90 Å². The first-order chi connectivity index (χ1) is 12.9.